The van der Waals surface area contributed by atoms with E-state index in [-0.39, 0.29) is 30.5 Å². The van der Waals surface area contributed by atoms with Crippen molar-refractivity contribution in [2.75, 3.05) is 13.3 Å². The first kappa shape index (κ1) is 19.9. The van der Waals surface area contributed by atoms with Crippen molar-refractivity contribution in [3.8, 4) is 0 Å². The molecule has 142 valence electrons. The Kier molecular flexibility index (Phi) is 6.44. The minimum atomic E-state index is -1.96. The number of carbonyl (C=O) groups excluding carboxylic acids is 1. The second-order valence-electron chi connectivity index (χ2n) is 8.64. The van der Waals surface area contributed by atoms with E-state index in [2.05, 4.69) is 54.6 Å². The fraction of sp³-hybridized carbons (Fsp3) is 0.571. The van der Waals surface area contributed by atoms with Crippen LogP contribution in [0, 0.1) is 5.92 Å². The number of piperidine rings is 1. The second-order valence-corrected chi connectivity index (χ2v) is 23.1. The fourth-order valence-corrected chi connectivity index (χ4v) is 6.18. The van der Waals surface area contributed by atoms with Crippen molar-refractivity contribution in [3.63, 3.8) is 0 Å². The molecule has 3 nitrogen and oxygen atoms in total. The van der Waals surface area contributed by atoms with E-state index in [1.165, 1.54) is 11.1 Å². The zero-order valence-electron chi connectivity index (χ0n) is 16.0. The van der Waals surface area contributed by atoms with E-state index >= 15 is 0 Å². The fourth-order valence-electron chi connectivity index (χ4n) is 4.20. The van der Waals surface area contributed by atoms with Gasteiger partial charge >= 0.3 is 160 Å². The number of hydrogen-bond acceptors (Lipinski definition) is 3. The van der Waals surface area contributed by atoms with E-state index < -0.39 is 25.1 Å². The molecular weight excluding hydrogens is 436 g/mol. The maximum absolute atomic E-state index is 12.6. The van der Waals surface area contributed by atoms with Crippen LogP contribution in [-0.2, 0) is 9.53 Å². The first-order valence-corrected chi connectivity index (χ1v) is 19.9. The molecule has 2 heterocycles. The first-order chi connectivity index (χ1) is 12.4. The van der Waals surface area contributed by atoms with Crippen molar-refractivity contribution >= 4 is 30.4 Å². The topological polar surface area (TPSA) is 38.3 Å². The summed E-state index contributed by atoms with van der Waals surface area (Å²) in [6.45, 7) is -0.762. The Balaban J connectivity index is 1.85. The summed E-state index contributed by atoms with van der Waals surface area (Å²) >= 11 is -1.96. The molecule has 0 amide bonds. The SMILES string of the molecule is [CH3][Sn]([CH3])([CH3])/[CH]=C\c1cccc([C@H]2C[C@@H]3CC[C@@H](N3)[C@H]2C(=O)OCCF)c1. The van der Waals surface area contributed by atoms with Gasteiger partial charge in [-0.3, -0.25) is 0 Å². The quantitative estimate of drug-likeness (QED) is 0.502. The van der Waals surface area contributed by atoms with E-state index in [0.29, 0.717) is 6.04 Å². The molecule has 2 aliphatic heterocycles. The van der Waals surface area contributed by atoms with Crippen LogP contribution in [0.15, 0.2) is 28.4 Å². The van der Waals surface area contributed by atoms with Crippen LogP contribution in [0.1, 0.15) is 36.3 Å². The van der Waals surface area contributed by atoms with Gasteiger partial charge in [-0.1, -0.05) is 0 Å². The molecular formula is C21H30FNO2Sn. The van der Waals surface area contributed by atoms with Crippen LogP contribution >= 0.6 is 0 Å². The number of benzene rings is 1. The summed E-state index contributed by atoms with van der Waals surface area (Å²) in [5.41, 5.74) is 2.41. The summed E-state index contributed by atoms with van der Waals surface area (Å²) < 4.78 is 20.1. The number of esters is 1. The average molecular weight is 466 g/mol. The standard InChI is InChI=1S/C18H21FNO2.3CH3.Sn/c1-2-12-4-3-5-13(10-12)15-11-14-6-7-16(20-14)17(15)18(21)22-9-8-19;;;;/h1-5,10,14-17,20H,6-9,11H2;3*1H3;/t14-,15+,16+,17-;;;;/m0..../s1. The van der Waals surface area contributed by atoms with Crippen molar-refractivity contribution < 1.29 is 13.9 Å². The molecule has 2 fully saturated rings. The normalized spacial score (nSPS) is 28.5. The number of alkyl halides is 1. The van der Waals surface area contributed by atoms with E-state index in [1.54, 1.807) is 0 Å². The van der Waals surface area contributed by atoms with E-state index in [1.807, 2.05) is 0 Å². The van der Waals surface area contributed by atoms with Crippen molar-refractivity contribution in [2.45, 2.75) is 52.1 Å². The molecule has 0 aliphatic carbocycles. The summed E-state index contributed by atoms with van der Waals surface area (Å²) in [6.07, 6.45) is 5.28. The number of carbonyl (C=O) groups is 1. The predicted octanol–water partition coefficient (Wildman–Crippen LogP) is 4.31. The number of fused-ring (bicyclic) bond motifs is 2. The van der Waals surface area contributed by atoms with E-state index in [9.17, 15) is 9.18 Å². The molecule has 1 aromatic rings. The van der Waals surface area contributed by atoms with E-state index in [4.69, 9.17) is 4.74 Å². The van der Waals surface area contributed by atoms with Crippen LogP contribution in [0.25, 0.3) is 6.08 Å². The van der Waals surface area contributed by atoms with Crippen LogP contribution in [0.5, 0.6) is 0 Å². The number of hydrogen-bond donors (Lipinski definition) is 1. The van der Waals surface area contributed by atoms with Crippen molar-refractivity contribution in [1.29, 1.82) is 0 Å². The summed E-state index contributed by atoms with van der Waals surface area (Å²) in [4.78, 5) is 19.8. The van der Waals surface area contributed by atoms with Crippen molar-refractivity contribution in [3.05, 3.63) is 39.5 Å². The monoisotopic (exact) mass is 467 g/mol. The molecule has 2 saturated heterocycles. The van der Waals surface area contributed by atoms with Gasteiger partial charge in [0, 0.05) is 0 Å². The van der Waals surface area contributed by atoms with Gasteiger partial charge in [0.05, 0.1) is 0 Å². The summed E-state index contributed by atoms with van der Waals surface area (Å²) in [7, 11) is 0. The summed E-state index contributed by atoms with van der Waals surface area (Å²) in [6, 6.07) is 9.18. The molecule has 2 bridgehead atoms. The Bertz CT molecular complexity index is 670. The molecule has 0 radical (unpaired) electrons. The Morgan fingerprint density at radius 3 is 2.88 bits per heavy atom. The molecule has 4 atom stereocenters. The Morgan fingerprint density at radius 1 is 1.35 bits per heavy atom. The zero-order chi connectivity index (χ0) is 18.7. The second kappa shape index (κ2) is 8.42. The van der Waals surface area contributed by atoms with Gasteiger partial charge in [-0.05, 0) is 0 Å². The van der Waals surface area contributed by atoms with E-state index in [0.717, 1.165) is 19.3 Å². The molecule has 1 N–H and O–H groups in total. The summed E-state index contributed by atoms with van der Waals surface area (Å²) in [5, 5.41) is 3.56. The molecule has 26 heavy (non-hydrogen) atoms. The molecule has 0 spiro atoms. The molecule has 0 aromatic heterocycles. The minimum absolute atomic E-state index is 0.139. The van der Waals surface area contributed by atoms with Gasteiger partial charge in [-0.15, -0.1) is 0 Å². The Hall–Kier alpha value is -0.881. The third kappa shape index (κ3) is 4.88. The van der Waals surface area contributed by atoms with Gasteiger partial charge in [0.25, 0.3) is 0 Å². The average Bonchev–Trinajstić information content (AvgIpc) is 2.98. The number of rotatable bonds is 6. The van der Waals surface area contributed by atoms with Gasteiger partial charge in [0.15, 0.2) is 0 Å². The molecule has 3 rings (SSSR count). The zero-order valence-corrected chi connectivity index (χ0v) is 18.9. The van der Waals surface area contributed by atoms with Gasteiger partial charge in [-0.25, -0.2) is 0 Å². The number of nitrogens with one attached hydrogen (secondary N) is 1. The Morgan fingerprint density at radius 2 is 2.15 bits per heavy atom. The van der Waals surface area contributed by atoms with Crippen LogP contribution in [0.2, 0.25) is 14.8 Å². The predicted molar refractivity (Wildman–Crippen MR) is 107 cm³/mol. The first-order valence-electron chi connectivity index (χ1n) is 9.65. The van der Waals surface area contributed by atoms with Crippen LogP contribution in [0.3, 0.4) is 0 Å². The molecule has 0 unspecified atom stereocenters. The Labute approximate surface area is 160 Å². The third-order valence-corrected chi connectivity index (χ3v) is 8.72. The molecule has 0 saturated carbocycles. The van der Waals surface area contributed by atoms with Gasteiger partial charge in [-0.2, -0.15) is 0 Å². The van der Waals surface area contributed by atoms with Crippen LogP contribution < -0.4 is 5.32 Å². The van der Waals surface area contributed by atoms with Gasteiger partial charge in [0.2, 0.25) is 0 Å². The van der Waals surface area contributed by atoms with Crippen molar-refractivity contribution in [2.24, 2.45) is 5.92 Å². The van der Waals surface area contributed by atoms with Gasteiger partial charge in [0.1, 0.15) is 0 Å². The number of ether oxygens (including phenoxy) is 1. The third-order valence-electron chi connectivity index (χ3n) is 5.39. The molecule has 2 aliphatic rings. The maximum atomic E-state index is 12.6. The summed E-state index contributed by atoms with van der Waals surface area (Å²) in [5.74, 6) is -0.328. The van der Waals surface area contributed by atoms with Crippen LogP contribution in [0.4, 0.5) is 4.39 Å². The molecule has 5 heteroatoms. The van der Waals surface area contributed by atoms with Crippen LogP contribution in [-0.4, -0.2) is 49.7 Å². The van der Waals surface area contributed by atoms with Crippen molar-refractivity contribution in [1.82, 2.24) is 5.32 Å². The van der Waals surface area contributed by atoms with Gasteiger partial charge < -0.3 is 0 Å². The molecule has 1 aromatic carbocycles. The number of halogens is 1.